The highest BCUT2D eigenvalue weighted by molar-refractivity contribution is 6.07. The van der Waals surface area contributed by atoms with Crippen molar-refractivity contribution in [3.05, 3.63) is 71.5 Å². The number of anilines is 1. The van der Waals surface area contributed by atoms with Crippen molar-refractivity contribution < 1.29 is 9.53 Å². The van der Waals surface area contributed by atoms with Crippen LogP contribution in [0.4, 0.5) is 5.69 Å². The lowest BCUT2D eigenvalue weighted by molar-refractivity contribution is 0.0973. The standard InChI is InChI=1S/C26H30N4O2/c1-28(2)17-15-26(13-14-26)20-4-6-21(7-5-20)29-16-12-19-18-27-30(24(19)25(29)31)22-8-10-23(32-3)11-9-22/h4-11,18H,12-17H2,1-3H3. The second kappa shape index (κ2) is 8.10. The molecule has 1 amide bonds. The second-order valence-electron chi connectivity index (χ2n) is 9.22. The van der Waals surface area contributed by atoms with Crippen molar-refractivity contribution in [2.45, 2.75) is 31.1 Å². The highest BCUT2D eigenvalue weighted by Crippen LogP contribution is 2.51. The summed E-state index contributed by atoms with van der Waals surface area (Å²) >= 11 is 0. The van der Waals surface area contributed by atoms with Crippen molar-refractivity contribution in [3.8, 4) is 11.4 Å². The first kappa shape index (κ1) is 20.8. The van der Waals surface area contributed by atoms with Gasteiger partial charge in [-0.25, -0.2) is 4.68 Å². The number of hydrogen-bond donors (Lipinski definition) is 0. The summed E-state index contributed by atoms with van der Waals surface area (Å²) in [5.74, 6) is 0.780. The molecule has 166 valence electrons. The van der Waals surface area contributed by atoms with Gasteiger partial charge in [0, 0.05) is 17.8 Å². The highest BCUT2D eigenvalue weighted by Gasteiger charge is 2.43. The van der Waals surface area contributed by atoms with Crippen LogP contribution in [0.2, 0.25) is 0 Å². The van der Waals surface area contributed by atoms with Gasteiger partial charge in [0.25, 0.3) is 5.91 Å². The Morgan fingerprint density at radius 3 is 2.34 bits per heavy atom. The van der Waals surface area contributed by atoms with Crippen molar-refractivity contribution in [2.75, 3.05) is 39.2 Å². The number of nitrogens with zero attached hydrogens (tertiary/aromatic N) is 4. The van der Waals surface area contributed by atoms with E-state index in [2.05, 4.69) is 48.4 Å². The van der Waals surface area contributed by atoms with Crippen LogP contribution < -0.4 is 9.64 Å². The lowest BCUT2D eigenvalue weighted by atomic mass is 9.92. The molecule has 0 N–H and O–H groups in total. The third-order valence-corrected chi connectivity index (χ3v) is 6.90. The summed E-state index contributed by atoms with van der Waals surface area (Å²) in [6.07, 6.45) is 6.32. The summed E-state index contributed by atoms with van der Waals surface area (Å²) in [7, 11) is 5.91. The van der Waals surface area contributed by atoms with E-state index in [1.807, 2.05) is 35.4 Å². The maximum atomic E-state index is 13.5. The van der Waals surface area contributed by atoms with E-state index < -0.39 is 0 Å². The molecule has 2 aromatic carbocycles. The summed E-state index contributed by atoms with van der Waals surface area (Å²) < 4.78 is 7.00. The fraction of sp³-hybridized carbons (Fsp3) is 0.385. The van der Waals surface area contributed by atoms with Gasteiger partial charge in [-0.3, -0.25) is 4.79 Å². The average Bonchev–Trinajstić information content (AvgIpc) is 3.49. The predicted octanol–water partition coefficient (Wildman–Crippen LogP) is 4.07. The van der Waals surface area contributed by atoms with Crippen LogP contribution in [0.25, 0.3) is 5.69 Å². The van der Waals surface area contributed by atoms with Gasteiger partial charge in [0.1, 0.15) is 11.4 Å². The fourth-order valence-corrected chi connectivity index (χ4v) is 4.69. The Morgan fingerprint density at radius 1 is 1.03 bits per heavy atom. The fourth-order valence-electron chi connectivity index (χ4n) is 4.69. The number of hydrogen-bond acceptors (Lipinski definition) is 4. The molecule has 0 unspecified atom stereocenters. The molecule has 1 saturated carbocycles. The van der Waals surface area contributed by atoms with E-state index in [-0.39, 0.29) is 5.91 Å². The van der Waals surface area contributed by atoms with E-state index in [1.54, 1.807) is 11.8 Å². The quantitative estimate of drug-likeness (QED) is 0.567. The minimum atomic E-state index is 0.000982. The summed E-state index contributed by atoms with van der Waals surface area (Å²) in [5, 5.41) is 4.52. The van der Waals surface area contributed by atoms with Crippen molar-refractivity contribution in [1.29, 1.82) is 0 Å². The molecular weight excluding hydrogens is 400 g/mol. The first-order valence-electron chi connectivity index (χ1n) is 11.3. The smallest absolute Gasteiger partial charge is 0.277 e. The van der Waals surface area contributed by atoms with Gasteiger partial charge in [-0.1, -0.05) is 12.1 Å². The summed E-state index contributed by atoms with van der Waals surface area (Å²) in [4.78, 5) is 17.6. The zero-order valence-electron chi connectivity index (χ0n) is 19.0. The third-order valence-electron chi connectivity index (χ3n) is 6.90. The molecule has 32 heavy (non-hydrogen) atoms. The van der Waals surface area contributed by atoms with E-state index in [9.17, 15) is 4.79 Å². The minimum Gasteiger partial charge on any atom is -0.497 e. The molecule has 0 spiro atoms. The molecular formula is C26H30N4O2. The van der Waals surface area contributed by atoms with Crippen LogP contribution in [0.5, 0.6) is 5.75 Å². The predicted molar refractivity (Wildman–Crippen MR) is 126 cm³/mol. The number of fused-ring (bicyclic) bond motifs is 1. The summed E-state index contributed by atoms with van der Waals surface area (Å²) in [5.41, 5.74) is 5.19. The number of aromatic nitrogens is 2. The number of rotatable bonds is 7. The topological polar surface area (TPSA) is 50.6 Å². The molecule has 6 nitrogen and oxygen atoms in total. The number of amides is 1. The second-order valence-corrected chi connectivity index (χ2v) is 9.22. The van der Waals surface area contributed by atoms with E-state index in [4.69, 9.17) is 4.74 Å². The molecule has 0 bridgehead atoms. The molecule has 0 atom stereocenters. The van der Waals surface area contributed by atoms with Crippen molar-refractivity contribution in [3.63, 3.8) is 0 Å². The first-order valence-corrected chi connectivity index (χ1v) is 11.3. The Morgan fingerprint density at radius 2 is 1.72 bits per heavy atom. The monoisotopic (exact) mass is 430 g/mol. The lowest BCUT2D eigenvalue weighted by Crippen LogP contribution is -2.38. The third kappa shape index (κ3) is 3.69. The molecule has 5 rings (SSSR count). The normalized spacial score (nSPS) is 16.9. The molecule has 2 heterocycles. The molecule has 2 aliphatic rings. The lowest BCUT2D eigenvalue weighted by Gasteiger charge is -2.28. The zero-order chi connectivity index (χ0) is 22.3. The van der Waals surface area contributed by atoms with E-state index in [0.717, 1.165) is 35.7 Å². The molecule has 1 aliphatic heterocycles. The molecule has 1 fully saturated rings. The average molecular weight is 431 g/mol. The molecule has 0 saturated heterocycles. The maximum Gasteiger partial charge on any atom is 0.277 e. The number of carbonyl (C=O) groups is 1. The Bertz CT molecular complexity index is 1110. The van der Waals surface area contributed by atoms with Crippen molar-refractivity contribution in [2.24, 2.45) is 0 Å². The van der Waals surface area contributed by atoms with Gasteiger partial charge in [-0.15, -0.1) is 0 Å². The maximum absolute atomic E-state index is 13.5. The molecule has 6 heteroatoms. The van der Waals surface area contributed by atoms with Gasteiger partial charge < -0.3 is 14.5 Å². The Labute approximate surface area is 189 Å². The van der Waals surface area contributed by atoms with Crippen molar-refractivity contribution >= 4 is 11.6 Å². The van der Waals surface area contributed by atoms with Gasteiger partial charge in [0.15, 0.2) is 0 Å². The van der Waals surface area contributed by atoms with E-state index in [1.165, 1.54) is 24.8 Å². The van der Waals surface area contributed by atoms with Crippen LogP contribution in [0, 0.1) is 0 Å². The number of methoxy groups -OCH3 is 1. The largest absolute Gasteiger partial charge is 0.497 e. The molecule has 0 radical (unpaired) electrons. The van der Waals surface area contributed by atoms with E-state index >= 15 is 0 Å². The van der Waals surface area contributed by atoms with Crippen LogP contribution in [-0.2, 0) is 11.8 Å². The Hall–Kier alpha value is -3.12. The van der Waals surface area contributed by atoms with Crippen LogP contribution >= 0.6 is 0 Å². The van der Waals surface area contributed by atoms with Gasteiger partial charge >= 0.3 is 0 Å². The summed E-state index contributed by atoms with van der Waals surface area (Å²) in [6, 6.07) is 16.3. The Balaban J connectivity index is 1.38. The van der Waals surface area contributed by atoms with Crippen LogP contribution in [0.3, 0.4) is 0 Å². The van der Waals surface area contributed by atoms with Crippen molar-refractivity contribution in [1.82, 2.24) is 14.7 Å². The van der Waals surface area contributed by atoms with Gasteiger partial charge in [-0.2, -0.15) is 5.10 Å². The molecule has 3 aromatic rings. The Kier molecular flexibility index (Phi) is 5.25. The van der Waals surface area contributed by atoms with Crippen LogP contribution in [0.15, 0.2) is 54.7 Å². The van der Waals surface area contributed by atoms with Gasteiger partial charge in [-0.05, 0) is 93.7 Å². The highest BCUT2D eigenvalue weighted by atomic mass is 16.5. The molecule has 1 aliphatic carbocycles. The molecule has 1 aromatic heterocycles. The minimum absolute atomic E-state index is 0.000982. The van der Waals surface area contributed by atoms with Gasteiger partial charge in [0.2, 0.25) is 0 Å². The van der Waals surface area contributed by atoms with E-state index in [0.29, 0.717) is 17.7 Å². The number of ether oxygens (including phenoxy) is 1. The number of benzene rings is 2. The zero-order valence-corrected chi connectivity index (χ0v) is 19.0. The SMILES string of the molecule is COc1ccc(-n2ncc3c2C(=O)N(c2ccc(C4(CCN(C)C)CC4)cc2)CC3)cc1. The summed E-state index contributed by atoms with van der Waals surface area (Å²) in [6.45, 7) is 1.77. The van der Waals surface area contributed by atoms with Gasteiger partial charge in [0.05, 0.1) is 19.0 Å². The van der Waals surface area contributed by atoms with Crippen LogP contribution in [-0.4, -0.2) is 54.9 Å². The number of carbonyl (C=O) groups excluding carboxylic acids is 1. The first-order chi connectivity index (χ1) is 15.5. The van der Waals surface area contributed by atoms with Crippen LogP contribution in [0.1, 0.15) is 40.9 Å².